The summed E-state index contributed by atoms with van der Waals surface area (Å²) >= 11 is 11.8. The van der Waals surface area contributed by atoms with Crippen molar-refractivity contribution in [2.75, 3.05) is 6.61 Å². The van der Waals surface area contributed by atoms with Crippen molar-refractivity contribution in [2.45, 2.75) is 19.1 Å². The van der Waals surface area contributed by atoms with E-state index in [1.54, 1.807) is 0 Å². The highest BCUT2D eigenvalue weighted by Crippen LogP contribution is 2.35. The fraction of sp³-hybridized carbons (Fsp3) is 0.333. The molecule has 2 atom stereocenters. The summed E-state index contributed by atoms with van der Waals surface area (Å²) in [7, 11) is 0. The van der Waals surface area contributed by atoms with E-state index in [0.29, 0.717) is 0 Å². The second-order valence-corrected chi connectivity index (χ2v) is 4.81. The van der Waals surface area contributed by atoms with E-state index in [4.69, 9.17) is 38.8 Å². The van der Waals surface area contributed by atoms with Gasteiger partial charge in [-0.15, -0.1) is 0 Å². The number of carbonyl (C=O) groups is 2. The number of hydrogen-bond acceptors (Lipinski definition) is 5. The molecule has 0 amide bonds. The van der Waals surface area contributed by atoms with Crippen LogP contribution in [0.5, 0.6) is 5.75 Å². The summed E-state index contributed by atoms with van der Waals surface area (Å²) in [6, 6.07) is 1.50. The molecule has 2 unspecified atom stereocenters. The van der Waals surface area contributed by atoms with Gasteiger partial charge < -0.3 is 20.7 Å². The summed E-state index contributed by atoms with van der Waals surface area (Å²) in [5.41, 5.74) is 5.57. The molecular formula is C12H13Cl2NO5. The van der Waals surface area contributed by atoms with Gasteiger partial charge in [0.2, 0.25) is 0 Å². The molecule has 4 N–H and O–H groups in total. The quantitative estimate of drug-likeness (QED) is 0.682. The second-order valence-electron chi connectivity index (χ2n) is 4.05. The highest BCUT2D eigenvalue weighted by atomic mass is 35.5. The van der Waals surface area contributed by atoms with Gasteiger partial charge in [0.1, 0.15) is 10.8 Å². The van der Waals surface area contributed by atoms with Crippen LogP contribution in [-0.2, 0) is 4.79 Å². The van der Waals surface area contributed by atoms with E-state index >= 15 is 0 Å². The molecule has 0 aromatic heterocycles. The lowest BCUT2D eigenvalue weighted by Gasteiger charge is -2.15. The molecule has 0 aliphatic heterocycles. The van der Waals surface area contributed by atoms with Crippen molar-refractivity contribution in [1.82, 2.24) is 0 Å². The fourth-order valence-corrected chi connectivity index (χ4v) is 1.84. The monoisotopic (exact) mass is 321 g/mol. The van der Waals surface area contributed by atoms with Gasteiger partial charge >= 0.3 is 5.97 Å². The smallest absolute Gasteiger partial charge is 0.341 e. The summed E-state index contributed by atoms with van der Waals surface area (Å²) in [6.07, 6.45) is -1.04. The normalized spacial score (nSPS) is 13.7. The molecule has 0 radical (unpaired) electrons. The molecule has 6 nitrogen and oxygen atoms in total. The molecule has 8 heteroatoms. The zero-order chi connectivity index (χ0) is 15.4. The molecule has 1 rings (SSSR count). The molecule has 110 valence electrons. The molecule has 0 aliphatic rings. The number of nitrogens with two attached hydrogens (primary N) is 1. The van der Waals surface area contributed by atoms with Crippen LogP contribution in [0.4, 0.5) is 0 Å². The molecule has 0 aliphatic carbocycles. The molecule has 0 spiro atoms. The van der Waals surface area contributed by atoms with Crippen LogP contribution in [0.1, 0.15) is 17.3 Å². The van der Waals surface area contributed by atoms with E-state index in [0.717, 1.165) is 0 Å². The van der Waals surface area contributed by atoms with Crippen molar-refractivity contribution < 1.29 is 24.5 Å². The first-order chi connectivity index (χ1) is 9.25. The molecule has 0 heterocycles. The Morgan fingerprint density at radius 1 is 1.35 bits per heavy atom. The number of aliphatic carboxylic acids is 1. The van der Waals surface area contributed by atoms with Gasteiger partial charge in [-0.1, -0.05) is 23.2 Å². The van der Waals surface area contributed by atoms with Gasteiger partial charge in [0.05, 0.1) is 17.2 Å². The molecule has 0 saturated heterocycles. The lowest BCUT2D eigenvalue weighted by atomic mass is 10.0. The first-order valence-electron chi connectivity index (χ1n) is 5.56. The summed E-state index contributed by atoms with van der Waals surface area (Å²) in [5.74, 6) is -1.70. The first-order valence-corrected chi connectivity index (χ1v) is 6.31. The molecule has 1 aromatic rings. The highest BCUT2D eigenvalue weighted by molar-refractivity contribution is 6.45. The topological polar surface area (TPSA) is 110 Å². The fourth-order valence-electron chi connectivity index (χ4n) is 1.37. The van der Waals surface area contributed by atoms with E-state index in [1.165, 1.54) is 19.1 Å². The Morgan fingerprint density at radius 2 is 1.95 bits per heavy atom. The molecule has 1 aromatic carbocycles. The molecule has 20 heavy (non-hydrogen) atoms. The number of aliphatic hydroxyl groups is 1. The van der Waals surface area contributed by atoms with E-state index in [9.17, 15) is 14.7 Å². The third-order valence-electron chi connectivity index (χ3n) is 2.49. The average Bonchev–Trinajstić information content (AvgIpc) is 2.38. The number of ether oxygens (including phenoxy) is 1. The zero-order valence-electron chi connectivity index (χ0n) is 10.5. The Hall–Kier alpha value is -1.34. The number of carbonyl (C=O) groups excluding carboxylic acids is 1. The zero-order valence-corrected chi connectivity index (χ0v) is 12.0. The number of ketones is 1. The number of halogens is 2. The van der Waals surface area contributed by atoms with Crippen molar-refractivity contribution in [3.05, 3.63) is 27.7 Å². The molecule has 0 saturated carbocycles. The van der Waals surface area contributed by atoms with Crippen LogP contribution in [0.2, 0.25) is 10.0 Å². The summed E-state index contributed by atoms with van der Waals surface area (Å²) in [5, 5.41) is 17.6. The Kier molecular flexibility index (Phi) is 5.76. The van der Waals surface area contributed by atoms with Crippen molar-refractivity contribution in [3.63, 3.8) is 0 Å². The predicted molar refractivity (Wildman–Crippen MR) is 73.6 cm³/mol. The Balaban J connectivity index is 3.05. The minimum Gasteiger partial charge on any atom is -0.480 e. The number of Topliss-reactive ketones (excluding diaryl/α,β-unsaturated/α-hetero) is 1. The van der Waals surface area contributed by atoms with E-state index in [2.05, 4.69) is 0 Å². The lowest BCUT2D eigenvalue weighted by molar-refractivity contribution is -0.139. The van der Waals surface area contributed by atoms with Crippen LogP contribution in [0.25, 0.3) is 0 Å². The number of rotatable bonds is 6. The number of carboxylic acids is 1. The molecular weight excluding hydrogens is 309 g/mol. The third-order valence-corrected chi connectivity index (χ3v) is 3.35. The van der Waals surface area contributed by atoms with Crippen molar-refractivity contribution in [2.24, 2.45) is 5.73 Å². The van der Waals surface area contributed by atoms with Crippen molar-refractivity contribution in [3.8, 4) is 5.75 Å². The maximum absolute atomic E-state index is 12.0. The third kappa shape index (κ3) is 3.83. The van der Waals surface area contributed by atoms with Gasteiger partial charge in [-0.05, 0) is 19.1 Å². The highest BCUT2D eigenvalue weighted by Gasteiger charge is 2.24. The number of aliphatic hydroxyl groups excluding tert-OH is 1. The van der Waals surface area contributed by atoms with Gasteiger partial charge in [-0.2, -0.15) is 0 Å². The van der Waals surface area contributed by atoms with E-state index in [1.807, 2.05) is 0 Å². The summed E-state index contributed by atoms with van der Waals surface area (Å²) in [4.78, 5) is 22.4. The summed E-state index contributed by atoms with van der Waals surface area (Å²) < 4.78 is 4.91. The van der Waals surface area contributed by atoms with Gasteiger partial charge in [0, 0.05) is 5.56 Å². The van der Waals surface area contributed by atoms with Crippen LogP contribution in [0.3, 0.4) is 0 Å². The van der Waals surface area contributed by atoms with E-state index < -0.39 is 30.5 Å². The van der Waals surface area contributed by atoms with Gasteiger partial charge in [0.25, 0.3) is 0 Å². The molecule has 0 bridgehead atoms. The minimum absolute atomic E-state index is 0.0349. The number of hydrogen-bond donors (Lipinski definition) is 3. The van der Waals surface area contributed by atoms with Crippen molar-refractivity contribution in [1.29, 1.82) is 0 Å². The lowest BCUT2D eigenvalue weighted by Crippen LogP contribution is -2.40. The van der Waals surface area contributed by atoms with Gasteiger partial charge in [0.15, 0.2) is 12.4 Å². The van der Waals surface area contributed by atoms with Crippen LogP contribution >= 0.6 is 23.2 Å². The minimum atomic E-state index is -1.17. The Morgan fingerprint density at radius 3 is 2.45 bits per heavy atom. The molecule has 0 fully saturated rings. The number of carboxylic acid groups (broad SMARTS) is 1. The largest absolute Gasteiger partial charge is 0.480 e. The van der Waals surface area contributed by atoms with Crippen LogP contribution in [0, 0.1) is 0 Å². The predicted octanol–water partition coefficient (Wildman–Crippen LogP) is 1.35. The maximum atomic E-state index is 12.0. The Labute approximate surface area is 125 Å². The van der Waals surface area contributed by atoms with Gasteiger partial charge in [-0.25, -0.2) is 4.79 Å². The Bertz CT molecular complexity index is 533. The second kappa shape index (κ2) is 6.90. The van der Waals surface area contributed by atoms with E-state index in [-0.39, 0.29) is 21.4 Å². The first kappa shape index (κ1) is 16.7. The maximum Gasteiger partial charge on any atom is 0.341 e. The SMILES string of the molecule is CC(O)C(N)C(=O)c1ccc(OCC(=O)O)c(Cl)c1Cl. The van der Waals surface area contributed by atoms with Crippen LogP contribution in [-0.4, -0.2) is 40.7 Å². The van der Waals surface area contributed by atoms with Crippen molar-refractivity contribution >= 4 is 35.0 Å². The average molecular weight is 322 g/mol. The number of benzene rings is 1. The standard InChI is InChI=1S/C12H13Cl2NO5/c1-5(16)11(15)12(19)6-2-3-7(10(14)9(6)13)20-4-8(17)18/h2-3,5,11,16H,4,15H2,1H3,(H,17,18). The van der Waals surface area contributed by atoms with Crippen LogP contribution < -0.4 is 10.5 Å². The summed E-state index contributed by atoms with van der Waals surface area (Å²) in [6.45, 7) is 0.791. The van der Waals surface area contributed by atoms with Crippen LogP contribution in [0.15, 0.2) is 12.1 Å². The van der Waals surface area contributed by atoms with Gasteiger partial charge in [-0.3, -0.25) is 4.79 Å².